The van der Waals surface area contributed by atoms with Crippen molar-refractivity contribution in [2.24, 2.45) is 5.41 Å². The van der Waals surface area contributed by atoms with Gasteiger partial charge < -0.3 is 19.6 Å². The molecule has 5 rings (SSSR count). The van der Waals surface area contributed by atoms with Gasteiger partial charge in [-0.2, -0.15) is 0 Å². The highest BCUT2D eigenvalue weighted by molar-refractivity contribution is 6.06. The van der Waals surface area contributed by atoms with Crippen LogP contribution in [0.1, 0.15) is 66.8 Å². The molecule has 8 heteroatoms. The van der Waals surface area contributed by atoms with Crippen molar-refractivity contribution in [3.63, 3.8) is 0 Å². The molecule has 3 aromatic heterocycles. The quantitative estimate of drug-likeness (QED) is 0.597. The normalized spacial score (nSPS) is 17.4. The molecule has 1 aliphatic carbocycles. The van der Waals surface area contributed by atoms with Crippen LogP contribution in [-0.2, 0) is 13.0 Å². The standard InChI is InChI=1S/C26H34N6O2/c1-26(2,3)15-21-22-19(14-20(17-7-8-17)29-25(22)34-30-21)24(33)28-16-18-6-5-9-27-23(18)32-12-10-31(4)11-13-32/h5-6,9,14,17H,7-8,10-13,15-16H2,1-4H3,(H,28,33). The summed E-state index contributed by atoms with van der Waals surface area (Å²) in [7, 11) is 2.14. The second kappa shape index (κ2) is 8.98. The van der Waals surface area contributed by atoms with Gasteiger partial charge in [0, 0.05) is 56.1 Å². The lowest BCUT2D eigenvalue weighted by atomic mass is 9.89. The zero-order valence-corrected chi connectivity index (χ0v) is 20.6. The number of nitrogens with one attached hydrogen (secondary N) is 1. The predicted octanol–water partition coefficient (Wildman–Crippen LogP) is 3.77. The van der Waals surface area contributed by atoms with Gasteiger partial charge in [0.2, 0.25) is 0 Å². The minimum atomic E-state index is -0.124. The summed E-state index contributed by atoms with van der Waals surface area (Å²) in [6.45, 7) is 10.8. The van der Waals surface area contributed by atoms with E-state index in [1.54, 1.807) is 0 Å². The molecule has 34 heavy (non-hydrogen) atoms. The summed E-state index contributed by atoms with van der Waals surface area (Å²) in [5.41, 5.74) is 3.83. The van der Waals surface area contributed by atoms with Crippen LogP contribution in [0.15, 0.2) is 28.9 Å². The number of anilines is 1. The van der Waals surface area contributed by atoms with Crippen molar-refractivity contribution in [3.8, 4) is 0 Å². The van der Waals surface area contributed by atoms with Crippen molar-refractivity contribution in [1.29, 1.82) is 0 Å². The lowest BCUT2D eigenvalue weighted by molar-refractivity contribution is 0.0952. The average molecular weight is 463 g/mol. The summed E-state index contributed by atoms with van der Waals surface area (Å²) in [4.78, 5) is 27.5. The molecule has 3 aromatic rings. The Hall–Kier alpha value is -3.00. The molecule has 0 atom stereocenters. The highest BCUT2D eigenvalue weighted by Crippen LogP contribution is 2.41. The lowest BCUT2D eigenvalue weighted by Crippen LogP contribution is -2.45. The molecule has 2 aliphatic rings. The van der Waals surface area contributed by atoms with Gasteiger partial charge in [0.25, 0.3) is 11.6 Å². The fourth-order valence-corrected chi connectivity index (χ4v) is 4.56. The highest BCUT2D eigenvalue weighted by Gasteiger charge is 2.30. The number of rotatable bonds is 6. The minimum absolute atomic E-state index is 0.0137. The second-order valence-electron chi connectivity index (χ2n) is 10.9. The number of hydrogen-bond donors (Lipinski definition) is 1. The van der Waals surface area contributed by atoms with Crippen molar-refractivity contribution in [2.75, 3.05) is 38.1 Å². The number of fused-ring (bicyclic) bond motifs is 1. The zero-order valence-electron chi connectivity index (χ0n) is 20.6. The van der Waals surface area contributed by atoms with Crippen LogP contribution in [0, 0.1) is 5.41 Å². The molecule has 1 amide bonds. The molecule has 8 nitrogen and oxygen atoms in total. The molecule has 1 aliphatic heterocycles. The van der Waals surface area contributed by atoms with E-state index in [4.69, 9.17) is 9.51 Å². The van der Waals surface area contributed by atoms with Crippen molar-refractivity contribution in [2.45, 2.75) is 52.5 Å². The maximum absolute atomic E-state index is 13.5. The Balaban J connectivity index is 1.41. The summed E-state index contributed by atoms with van der Waals surface area (Å²) in [5.74, 6) is 1.24. The fourth-order valence-electron chi connectivity index (χ4n) is 4.56. The van der Waals surface area contributed by atoms with E-state index in [9.17, 15) is 4.79 Å². The van der Waals surface area contributed by atoms with Crippen molar-refractivity contribution >= 4 is 22.8 Å². The predicted molar refractivity (Wildman–Crippen MR) is 132 cm³/mol. The maximum Gasteiger partial charge on any atom is 0.259 e. The van der Waals surface area contributed by atoms with Crippen molar-refractivity contribution < 1.29 is 9.32 Å². The van der Waals surface area contributed by atoms with Gasteiger partial charge in [-0.15, -0.1) is 0 Å². The first kappa shape index (κ1) is 22.8. The Morgan fingerprint density at radius 2 is 1.97 bits per heavy atom. The summed E-state index contributed by atoms with van der Waals surface area (Å²) in [6.07, 6.45) is 4.74. The van der Waals surface area contributed by atoms with Crippen LogP contribution in [-0.4, -0.2) is 59.2 Å². The number of hydrogen-bond acceptors (Lipinski definition) is 7. The largest absolute Gasteiger partial charge is 0.354 e. The Bertz CT molecular complexity index is 1190. The molecule has 0 aromatic carbocycles. The minimum Gasteiger partial charge on any atom is -0.354 e. The van der Waals surface area contributed by atoms with Gasteiger partial charge in [-0.25, -0.2) is 9.97 Å². The number of nitrogens with zero attached hydrogens (tertiary/aromatic N) is 5. The van der Waals surface area contributed by atoms with Crippen molar-refractivity contribution in [1.82, 2.24) is 25.3 Å². The highest BCUT2D eigenvalue weighted by atomic mass is 16.5. The molecule has 0 radical (unpaired) electrons. The molecule has 1 saturated heterocycles. The summed E-state index contributed by atoms with van der Waals surface area (Å²) >= 11 is 0. The van der Waals surface area contributed by atoms with Crippen LogP contribution in [0.2, 0.25) is 0 Å². The number of aromatic nitrogens is 3. The smallest absolute Gasteiger partial charge is 0.259 e. The Kier molecular flexibility index (Phi) is 6.02. The van der Waals surface area contributed by atoms with Crippen LogP contribution in [0.3, 0.4) is 0 Å². The lowest BCUT2D eigenvalue weighted by Gasteiger charge is -2.34. The van der Waals surface area contributed by atoms with E-state index in [-0.39, 0.29) is 11.3 Å². The molecule has 1 N–H and O–H groups in total. The van der Waals surface area contributed by atoms with Crippen molar-refractivity contribution in [3.05, 3.63) is 46.9 Å². The van der Waals surface area contributed by atoms with Gasteiger partial charge in [0.1, 0.15) is 5.82 Å². The molecule has 0 spiro atoms. The van der Waals surface area contributed by atoms with Crippen LogP contribution < -0.4 is 10.2 Å². The van der Waals surface area contributed by atoms with Crippen LogP contribution in [0.25, 0.3) is 11.1 Å². The van der Waals surface area contributed by atoms with E-state index >= 15 is 0 Å². The molecular weight excluding hydrogens is 428 g/mol. The Morgan fingerprint density at radius 3 is 2.68 bits per heavy atom. The SMILES string of the molecule is CN1CCN(c2ncccc2CNC(=O)c2cc(C3CC3)nc3onc(CC(C)(C)C)c23)CC1. The molecule has 0 unspecified atom stereocenters. The second-order valence-corrected chi connectivity index (χ2v) is 10.9. The Labute approximate surface area is 200 Å². The van der Waals surface area contributed by atoms with Crippen LogP contribution >= 0.6 is 0 Å². The third kappa shape index (κ3) is 4.92. The summed E-state index contributed by atoms with van der Waals surface area (Å²) in [6, 6.07) is 5.92. The van der Waals surface area contributed by atoms with Crippen LogP contribution in [0.5, 0.6) is 0 Å². The number of carbonyl (C=O) groups excluding carboxylic acids is 1. The third-order valence-corrected chi connectivity index (χ3v) is 6.58. The Morgan fingerprint density at radius 1 is 1.21 bits per heavy atom. The van der Waals surface area contributed by atoms with E-state index in [1.807, 2.05) is 24.4 Å². The van der Waals surface area contributed by atoms with E-state index in [1.165, 1.54) is 0 Å². The number of amides is 1. The number of carbonyl (C=O) groups is 1. The number of pyridine rings is 2. The van der Waals surface area contributed by atoms with Gasteiger partial charge in [-0.3, -0.25) is 4.79 Å². The first-order chi connectivity index (χ1) is 16.3. The maximum atomic E-state index is 13.5. The number of likely N-dealkylation sites (N-methyl/N-ethyl adjacent to an activating group) is 1. The molecule has 4 heterocycles. The molecule has 1 saturated carbocycles. The zero-order chi connectivity index (χ0) is 23.9. The van der Waals surface area contributed by atoms with E-state index in [0.29, 0.717) is 30.2 Å². The third-order valence-electron chi connectivity index (χ3n) is 6.58. The van der Waals surface area contributed by atoms with Gasteiger partial charge in [0.15, 0.2) is 0 Å². The van der Waals surface area contributed by atoms with E-state index in [0.717, 1.165) is 67.2 Å². The topological polar surface area (TPSA) is 87.4 Å². The van der Waals surface area contributed by atoms with Gasteiger partial charge >= 0.3 is 0 Å². The molecule has 0 bridgehead atoms. The molecule has 180 valence electrons. The molecule has 2 fully saturated rings. The number of piperazine rings is 1. The first-order valence-electron chi connectivity index (χ1n) is 12.2. The molecular formula is C26H34N6O2. The van der Waals surface area contributed by atoms with Crippen LogP contribution in [0.4, 0.5) is 5.82 Å². The first-order valence-corrected chi connectivity index (χ1v) is 12.2. The average Bonchev–Trinajstić information content (AvgIpc) is 3.59. The van der Waals surface area contributed by atoms with Gasteiger partial charge in [-0.05, 0) is 43.9 Å². The van der Waals surface area contributed by atoms with E-state index < -0.39 is 0 Å². The monoisotopic (exact) mass is 462 g/mol. The van der Waals surface area contributed by atoms with Gasteiger partial charge in [-0.1, -0.05) is 32.0 Å². The van der Waals surface area contributed by atoms with E-state index in [2.05, 4.69) is 53.1 Å². The summed E-state index contributed by atoms with van der Waals surface area (Å²) < 4.78 is 5.61. The fraction of sp³-hybridized carbons (Fsp3) is 0.538. The summed E-state index contributed by atoms with van der Waals surface area (Å²) in [5, 5.41) is 8.19. The van der Waals surface area contributed by atoms with Gasteiger partial charge in [0.05, 0.1) is 16.6 Å².